The van der Waals surface area contributed by atoms with Crippen LogP contribution in [-0.2, 0) is 9.53 Å². The van der Waals surface area contributed by atoms with Gasteiger partial charge in [0.15, 0.2) is 5.58 Å². The van der Waals surface area contributed by atoms with E-state index in [-0.39, 0.29) is 24.5 Å². The number of carbonyl (C=O) groups is 1. The third-order valence-electron chi connectivity index (χ3n) is 4.07. The van der Waals surface area contributed by atoms with Crippen LogP contribution in [0.15, 0.2) is 27.4 Å². The minimum Gasteiger partial charge on any atom is -0.408 e. The van der Waals surface area contributed by atoms with E-state index in [9.17, 15) is 9.59 Å². The Bertz CT molecular complexity index is 742. The standard InChI is InChI=1S/C17H22N2O4/c1-10(2)16(19-15(20)9-22-8-11-3-4-11)12-5-6-13-14(7-12)23-17(21)18-13/h5-7,10-11,16H,3-4,8-9H2,1-2H3,(H,18,21)(H,19,20)/t16-/m0/s1. The lowest BCUT2D eigenvalue weighted by molar-refractivity contribution is -0.126. The van der Waals surface area contributed by atoms with Crippen molar-refractivity contribution in [3.63, 3.8) is 0 Å². The van der Waals surface area contributed by atoms with Gasteiger partial charge in [0, 0.05) is 0 Å². The first-order chi connectivity index (χ1) is 11.0. The lowest BCUT2D eigenvalue weighted by Gasteiger charge is -2.23. The SMILES string of the molecule is CC(C)[C@H](NC(=O)COCC1CC1)c1ccc2[nH]c(=O)oc2c1. The summed E-state index contributed by atoms with van der Waals surface area (Å²) in [5, 5.41) is 3.00. The molecule has 0 saturated heterocycles. The first-order valence-corrected chi connectivity index (χ1v) is 8.03. The Morgan fingerprint density at radius 3 is 2.91 bits per heavy atom. The number of carbonyl (C=O) groups excluding carboxylic acids is 1. The molecule has 1 amide bonds. The monoisotopic (exact) mass is 318 g/mol. The summed E-state index contributed by atoms with van der Waals surface area (Å²) in [6, 6.07) is 5.32. The van der Waals surface area contributed by atoms with E-state index in [2.05, 4.69) is 10.3 Å². The van der Waals surface area contributed by atoms with Crippen LogP contribution in [-0.4, -0.2) is 24.1 Å². The van der Waals surface area contributed by atoms with Gasteiger partial charge in [-0.25, -0.2) is 4.79 Å². The number of aromatic nitrogens is 1. The molecule has 23 heavy (non-hydrogen) atoms. The van der Waals surface area contributed by atoms with Crippen molar-refractivity contribution in [2.75, 3.05) is 13.2 Å². The van der Waals surface area contributed by atoms with Crippen LogP contribution in [0.2, 0.25) is 0 Å². The van der Waals surface area contributed by atoms with Crippen LogP contribution < -0.4 is 11.1 Å². The summed E-state index contributed by atoms with van der Waals surface area (Å²) in [6.45, 7) is 4.82. The molecule has 3 rings (SSSR count). The zero-order chi connectivity index (χ0) is 16.4. The lowest BCUT2D eigenvalue weighted by Crippen LogP contribution is -2.34. The molecule has 6 nitrogen and oxygen atoms in total. The molecule has 6 heteroatoms. The molecule has 0 radical (unpaired) electrons. The number of ether oxygens (including phenoxy) is 1. The highest BCUT2D eigenvalue weighted by atomic mass is 16.5. The van der Waals surface area contributed by atoms with Gasteiger partial charge >= 0.3 is 5.76 Å². The van der Waals surface area contributed by atoms with Crippen molar-refractivity contribution in [2.24, 2.45) is 11.8 Å². The van der Waals surface area contributed by atoms with Gasteiger partial charge in [0.2, 0.25) is 5.91 Å². The Morgan fingerprint density at radius 2 is 2.22 bits per heavy atom. The van der Waals surface area contributed by atoms with Crippen LogP contribution in [0, 0.1) is 11.8 Å². The first-order valence-electron chi connectivity index (χ1n) is 8.03. The normalized spacial score (nSPS) is 16.0. The predicted molar refractivity (Wildman–Crippen MR) is 86.1 cm³/mol. The van der Waals surface area contributed by atoms with E-state index in [1.165, 1.54) is 12.8 Å². The third kappa shape index (κ3) is 4.01. The van der Waals surface area contributed by atoms with Crippen LogP contribution >= 0.6 is 0 Å². The summed E-state index contributed by atoms with van der Waals surface area (Å²) < 4.78 is 10.5. The molecule has 1 aliphatic carbocycles. The smallest absolute Gasteiger partial charge is 0.408 e. The number of benzene rings is 1. The van der Waals surface area contributed by atoms with Crippen LogP contribution in [0.1, 0.15) is 38.3 Å². The third-order valence-corrected chi connectivity index (χ3v) is 4.07. The van der Waals surface area contributed by atoms with E-state index in [0.29, 0.717) is 23.6 Å². The number of nitrogens with one attached hydrogen (secondary N) is 2. The fourth-order valence-corrected chi connectivity index (χ4v) is 2.61. The summed E-state index contributed by atoms with van der Waals surface area (Å²) in [7, 11) is 0. The molecule has 1 aliphatic rings. The van der Waals surface area contributed by atoms with Gasteiger partial charge in [-0.15, -0.1) is 0 Å². The van der Waals surface area contributed by atoms with Crippen molar-refractivity contribution in [1.29, 1.82) is 0 Å². The molecule has 0 bridgehead atoms. The molecule has 1 aromatic heterocycles. The fourth-order valence-electron chi connectivity index (χ4n) is 2.61. The number of rotatable bonds is 7. The van der Waals surface area contributed by atoms with E-state index >= 15 is 0 Å². The molecule has 1 fully saturated rings. The van der Waals surface area contributed by atoms with E-state index in [1.54, 1.807) is 12.1 Å². The highest BCUT2D eigenvalue weighted by molar-refractivity contribution is 5.78. The van der Waals surface area contributed by atoms with Gasteiger partial charge in [-0.1, -0.05) is 19.9 Å². The second-order valence-electron chi connectivity index (χ2n) is 6.52. The summed E-state index contributed by atoms with van der Waals surface area (Å²) in [6.07, 6.45) is 2.41. The molecular formula is C17H22N2O4. The molecule has 124 valence electrons. The molecule has 1 heterocycles. The number of aromatic amines is 1. The maximum atomic E-state index is 12.1. The average molecular weight is 318 g/mol. The van der Waals surface area contributed by atoms with Gasteiger partial charge in [-0.2, -0.15) is 0 Å². The predicted octanol–water partition coefficient (Wildman–Crippen LogP) is 2.36. The van der Waals surface area contributed by atoms with Gasteiger partial charge in [0.25, 0.3) is 0 Å². The van der Waals surface area contributed by atoms with E-state index in [4.69, 9.17) is 9.15 Å². The summed E-state index contributed by atoms with van der Waals surface area (Å²) >= 11 is 0. The topological polar surface area (TPSA) is 84.3 Å². The van der Waals surface area contributed by atoms with Gasteiger partial charge < -0.3 is 14.5 Å². The number of H-pyrrole nitrogens is 1. The molecule has 0 aliphatic heterocycles. The highest BCUT2D eigenvalue weighted by Crippen LogP contribution is 2.28. The Balaban J connectivity index is 1.68. The van der Waals surface area contributed by atoms with Crippen LogP contribution in [0.25, 0.3) is 11.1 Å². The molecule has 0 spiro atoms. The van der Waals surface area contributed by atoms with Crippen molar-refractivity contribution >= 4 is 17.0 Å². The van der Waals surface area contributed by atoms with Crippen LogP contribution in [0.5, 0.6) is 0 Å². The second-order valence-corrected chi connectivity index (χ2v) is 6.52. The number of fused-ring (bicyclic) bond motifs is 1. The fraction of sp³-hybridized carbons (Fsp3) is 0.529. The van der Waals surface area contributed by atoms with Crippen molar-refractivity contribution < 1.29 is 13.9 Å². The minimum absolute atomic E-state index is 0.0845. The summed E-state index contributed by atoms with van der Waals surface area (Å²) in [4.78, 5) is 25.9. The maximum absolute atomic E-state index is 12.1. The zero-order valence-electron chi connectivity index (χ0n) is 13.4. The Morgan fingerprint density at radius 1 is 1.43 bits per heavy atom. The van der Waals surface area contributed by atoms with Gasteiger partial charge in [0.05, 0.1) is 18.2 Å². The molecule has 2 N–H and O–H groups in total. The van der Waals surface area contributed by atoms with Crippen molar-refractivity contribution in [3.8, 4) is 0 Å². The van der Waals surface area contributed by atoms with Gasteiger partial charge in [-0.3, -0.25) is 9.78 Å². The van der Waals surface area contributed by atoms with Crippen LogP contribution in [0.4, 0.5) is 0 Å². The van der Waals surface area contributed by atoms with Crippen molar-refractivity contribution in [1.82, 2.24) is 10.3 Å². The molecule has 1 aromatic carbocycles. The minimum atomic E-state index is -0.476. The Labute approximate surface area is 134 Å². The Kier molecular flexibility index (Phi) is 4.52. The largest absolute Gasteiger partial charge is 0.417 e. The van der Waals surface area contributed by atoms with Crippen molar-refractivity contribution in [3.05, 3.63) is 34.3 Å². The lowest BCUT2D eigenvalue weighted by atomic mass is 9.95. The van der Waals surface area contributed by atoms with Crippen molar-refractivity contribution in [2.45, 2.75) is 32.7 Å². The molecule has 2 aromatic rings. The van der Waals surface area contributed by atoms with E-state index in [0.717, 1.165) is 5.56 Å². The molecular weight excluding hydrogens is 296 g/mol. The number of oxazole rings is 1. The summed E-state index contributed by atoms with van der Waals surface area (Å²) in [5.74, 6) is 0.240. The van der Waals surface area contributed by atoms with Gasteiger partial charge in [-0.05, 0) is 42.4 Å². The summed E-state index contributed by atoms with van der Waals surface area (Å²) in [5.41, 5.74) is 2.06. The van der Waals surface area contributed by atoms with E-state index in [1.807, 2.05) is 19.9 Å². The van der Waals surface area contributed by atoms with Gasteiger partial charge in [0.1, 0.15) is 6.61 Å². The average Bonchev–Trinajstić information content (AvgIpc) is 3.23. The number of amides is 1. The molecule has 0 unspecified atom stereocenters. The van der Waals surface area contributed by atoms with Crippen LogP contribution in [0.3, 0.4) is 0 Å². The Hall–Kier alpha value is -2.08. The van der Waals surface area contributed by atoms with E-state index < -0.39 is 5.76 Å². The highest BCUT2D eigenvalue weighted by Gasteiger charge is 2.23. The zero-order valence-corrected chi connectivity index (χ0v) is 13.4. The number of hydrogen-bond donors (Lipinski definition) is 2. The number of hydrogen-bond acceptors (Lipinski definition) is 4. The first kappa shape index (κ1) is 15.8. The molecule has 1 atom stereocenters. The second kappa shape index (κ2) is 6.58. The maximum Gasteiger partial charge on any atom is 0.417 e. The molecule has 1 saturated carbocycles. The quantitative estimate of drug-likeness (QED) is 0.821.